The van der Waals surface area contributed by atoms with Gasteiger partial charge in [0.2, 0.25) is 11.8 Å². The summed E-state index contributed by atoms with van der Waals surface area (Å²) in [5, 5.41) is 5.67. The number of carbonyl (C=O) groups excluding carboxylic acids is 3. The molecule has 1 aliphatic heterocycles. The molecule has 2 amide bonds. The Bertz CT molecular complexity index is 883. The number of benzene rings is 2. The highest BCUT2D eigenvalue weighted by Gasteiger charge is 2.17. The normalized spacial score (nSPS) is 14.2. The molecule has 0 radical (unpaired) electrons. The number of hydrogen-bond acceptors (Lipinski definition) is 5. The molecule has 0 aromatic heterocycles. The van der Waals surface area contributed by atoms with Crippen molar-refractivity contribution in [2.24, 2.45) is 0 Å². The predicted octanol–water partition coefficient (Wildman–Crippen LogP) is 1.96. The number of morpholine rings is 1. The van der Waals surface area contributed by atoms with Gasteiger partial charge in [-0.15, -0.1) is 0 Å². The summed E-state index contributed by atoms with van der Waals surface area (Å²) in [6.45, 7) is 2.61. The number of ether oxygens (including phenoxy) is 1. The monoisotopic (exact) mass is 415 g/mol. The maximum atomic E-state index is 12.8. The second-order valence-corrected chi connectivity index (χ2v) is 7.03. The lowest BCUT2D eigenvalue weighted by Gasteiger charge is -2.25. The summed E-state index contributed by atoms with van der Waals surface area (Å²) in [5.41, 5.74) is 1.12. The first-order valence-corrected chi connectivity index (χ1v) is 9.66. The summed E-state index contributed by atoms with van der Waals surface area (Å²) in [6, 6.07) is 13.4. The molecule has 3 rings (SSSR count). The Kier molecular flexibility index (Phi) is 7.35. The van der Waals surface area contributed by atoms with E-state index in [0.717, 1.165) is 0 Å². The fourth-order valence-corrected chi connectivity index (χ4v) is 3.12. The van der Waals surface area contributed by atoms with Crippen LogP contribution in [0.15, 0.2) is 48.5 Å². The smallest absolute Gasteiger partial charge is 0.243 e. The van der Waals surface area contributed by atoms with E-state index in [1.807, 2.05) is 11.0 Å². The van der Waals surface area contributed by atoms with E-state index < -0.39 is 5.91 Å². The number of halogens is 1. The minimum atomic E-state index is -0.426. The second-order valence-electron chi connectivity index (χ2n) is 6.60. The molecule has 2 aromatic carbocycles. The average molecular weight is 416 g/mol. The van der Waals surface area contributed by atoms with Gasteiger partial charge in [-0.25, -0.2) is 0 Å². The van der Waals surface area contributed by atoms with E-state index in [0.29, 0.717) is 42.6 Å². The lowest BCUT2D eigenvalue weighted by molar-refractivity contribution is -0.125. The van der Waals surface area contributed by atoms with Gasteiger partial charge in [0.15, 0.2) is 5.78 Å². The maximum absolute atomic E-state index is 12.8. The van der Waals surface area contributed by atoms with Gasteiger partial charge in [0.05, 0.1) is 32.0 Å². The lowest BCUT2D eigenvalue weighted by atomic mass is 10.0. The third-order valence-electron chi connectivity index (χ3n) is 4.45. The van der Waals surface area contributed by atoms with Gasteiger partial charge in [-0.1, -0.05) is 41.9 Å². The first kappa shape index (κ1) is 21.0. The van der Waals surface area contributed by atoms with Crippen molar-refractivity contribution in [1.29, 1.82) is 0 Å². The molecule has 152 valence electrons. The fraction of sp³-hybridized carbons (Fsp3) is 0.286. The van der Waals surface area contributed by atoms with E-state index >= 15 is 0 Å². The first-order chi connectivity index (χ1) is 14.0. The van der Waals surface area contributed by atoms with Crippen molar-refractivity contribution >= 4 is 34.9 Å². The summed E-state index contributed by atoms with van der Waals surface area (Å²) in [7, 11) is 0. The van der Waals surface area contributed by atoms with E-state index in [1.165, 1.54) is 6.07 Å². The van der Waals surface area contributed by atoms with E-state index in [2.05, 4.69) is 10.6 Å². The molecule has 0 saturated carbocycles. The van der Waals surface area contributed by atoms with E-state index in [4.69, 9.17) is 16.3 Å². The molecule has 0 spiro atoms. The summed E-state index contributed by atoms with van der Waals surface area (Å²) in [6.07, 6.45) is 0. The van der Waals surface area contributed by atoms with Crippen molar-refractivity contribution < 1.29 is 19.1 Å². The molecular formula is C21H22ClN3O4. The van der Waals surface area contributed by atoms with Crippen LogP contribution in [0.3, 0.4) is 0 Å². The number of anilines is 1. The molecule has 8 heteroatoms. The van der Waals surface area contributed by atoms with E-state index in [1.54, 1.807) is 36.4 Å². The molecule has 0 aliphatic carbocycles. The SMILES string of the molecule is O=C(CN1CCOCC1)NCC(=O)Nc1ccc(Cl)cc1C(=O)c1ccccc1. The molecule has 1 aliphatic rings. The number of amides is 2. The Balaban J connectivity index is 1.60. The minimum absolute atomic E-state index is 0.190. The van der Waals surface area contributed by atoms with Crippen molar-refractivity contribution in [2.45, 2.75) is 0 Å². The third kappa shape index (κ3) is 6.12. The van der Waals surface area contributed by atoms with Crippen LogP contribution in [-0.4, -0.2) is 61.9 Å². The number of carbonyl (C=O) groups is 3. The van der Waals surface area contributed by atoms with Crippen molar-refractivity contribution in [3.05, 3.63) is 64.7 Å². The molecule has 0 bridgehead atoms. The van der Waals surface area contributed by atoms with Crippen molar-refractivity contribution in [1.82, 2.24) is 10.2 Å². The third-order valence-corrected chi connectivity index (χ3v) is 4.69. The Morgan fingerprint density at radius 3 is 2.45 bits per heavy atom. The molecule has 2 N–H and O–H groups in total. The van der Waals surface area contributed by atoms with Crippen LogP contribution in [0.2, 0.25) is 5.02 Å². The van der Waals surface area contributed by atoms with Crippen LogP contribution in [0.25, 0.3) is 0 Å². The summed E-state index contributed by atoms with van der Waals surface area (Å²) in [5.74, 6) is -0.914. The summed E-state index contributed by atoms with van der Waals surface area (Å²) in [4.78, 5) is 39.1. The van der Waals surface area contributed by atoms with Crippen LogP contribution in [0.1, 0.15) is 15.9 Å². The topological polar surface area (TPSA) is 87.7 Å². The number of nitrogens with one attached hydrogen (secondary N) is 2. The van der Waals surface area contributed by atoms with Gasteiger partial charge in [0.25, 0.3) is 0 Å². The number of hydrogen-bond donors (Lipinski definition) is 2. The lowest BCUT2D eigenvalue weighted by Crippen LogP contribution is -2.44. The van der Waals surface area contributed by atoms with Gasteiger partial charge in [0, 0.05) is 29.2 Å². The zero-order valence-corrected chi connectivity index (χ0v) is 16.6. The Hall–Kier alpha value is -2.74. The number of ketones is 1. The quantitative estimate of drug-likeness (QED) is 0.675. The molecule has 1 fully saturated rings. The molecular weight excluding hydrogens is 394 g/mol. The molecule has 29 heavy (non-hydrogen) atoms. The van der Waals surface area contributed by atoms with Crippen LogP contribution in [0, 0.1) is 0 Å². The first-order valence-electron chi connectivity index (χ1n) is 9.29. The number of rotatable bonds is 7. The summed E-state index contributed by atoms with van der Waals surface area (Å²) < 4.78 is 5.24. The van der Waals surface area contributed by atoms with Gasteiger partial charge < -0.3 is 15.4 Å². The molecule has 0 unspecified atom stereocenters. The highest BCUT2D eigenvalue weighted by Crippen LogP contribution is 2.23. The minimum Gasteiger partial charge on any atom is -0.379 e. The van der Waals surface area contributed by atoms with Crippen molar-refractivity contribution in [3.63, 3.8) is 0 Å². The Labute approximate surface area is 174 Å². The van der Waals surface area contributed by atoms with Crippen molar-refractivity contribution in [3.8, 4) is 0 Å². The van der Waals surface area contributed by atoms with Crippen LogP contribution in [-0.2, 0) is 14.3 Å². The predicted molar refractivity (Wildman–Crippen MR) is 110 cm³/mol. The Morgan fingerprint density at radius 2 is 1.72 bits per heavy atom. The molecule has 1 heterocycles. The van der Waals surface area contributed by atoms with E-state index in [9.17, 15) is 14.4 Å². The maximum Gasteiger partial charge on any atom is 0.243 e. The van der Waals surface area contributed by atoms with Crippen LogP contribution < -0.4 is 10.6 Å². The van der Waals surface area contributed by atoms with E-state index in [-0.39, 0.29) is 30.3 Å². The highest BCUT2D eigenvalue weighted by atomic mass is 35.5. The standard InChI is InChI=1S/C21H22ClN3O4/c22-16-6-7-18(17(12-16)21(28)15-4-2-1-3-5-15)24-19(26)13-23-20(27)14-25-8-10-29-11-9-25/h1-7,12H,8-11,13-14H2,(H,23,27)(H,24,26). The average Bonchev–Trinajstić information content (AvgIpc) is 2.74. The highest BCUT2D eigenvalue weighted by molar-refractivity contribution is 6.31. The van der Waals surface area contributed by atoms with Gasteiger partial charge >= 0.3 is 0 Å². The second kappa shape index (κ2) is 10.2. The van der Waals surface area contributed by atoms with Gasteiger partial charge in [-0.05, 0) is 18.2 Å². The fourth-order valence-electron chi connectivity index (χ4n) is 2.95. The van der Waals surface area contributed by atoms with Gasteiger partial charge in [-0.3, -0.25) is 19.3 Å². The zero-order valence-electron chi connectivity index (χ0n) is 15.8. The Morgan fingerprint density at radius 1 is 1.00 bits per heavy atom. The molecule has 7 nitrogen and oxygen atoms in total. The largest absolute Gasteiger partial charge is 0.379 e. The van der Waals surface area contributed by atoms with Crippen LogP contribution in [0.5, 0.6) is 0 Å². The van der Waals surface area contributed by atoms with Gasteiger partial charge in [0.1, 0.15) is 0 Å². The summed E-state index contributed by atoms with van der Waals surface area (Å²) >= 11 is 6.04. The van der Waals surface area contributed by atoms with Crippen LogP contribution >= 0.6 is 11.6 Å². The van der Waals surface area contributed by atoms with Crippen LogP contribution in [0.4, 0.5) is 5.69 Å². The zero-order chi connectivity index (χ0) is 20.6. The number of nitrogens with zero attached hydrogens (tertiary/aromatic N) is 1. The molecule has 0 atom stereocenters. The van der Waals surface area contributed by atoms with Gasteiger partial charge in [-0.2, -0.15) is 0 Å². The van der Waals surface area contributed by atoms with Crippen molar-refractivity contribution in [2.75, 3.05) is 44.7 Å². The molecule has 2 aromatic rings. The molecule has 1 saturated heterocycles.